The van der Waals surface area contributed by atoms with Gasteiger partial charge in [-0.3, -0.25) is 23.5 Å². The van der Waals surface area contributed by atoms with Crippen molar-refractivity contribution in [2.75, 3.05) is 13.2 Å². The lowest BCUT2D eigenvalue weighted by Crippen LogP contribution is -2.71. The summed E-state index contributed by atoms with van der Waals surface area (Å²) in [6.07, 6.45) is -1.47. The van der Waals surface area contributed by atoms with Gasteiger partial charge in [0.1, 0.15) is 6.61 Å². The van der Waals surface area contributed by atoms with Crippen LogP contribution in [-0.4, -0.2) is 88.1 Å². The minimum atomic E-state index is -6.22. The molecule has 1 aliphatic heterocycles. The number of rotatable bonds is 8. The second-order valence-electron chi connectivity index (χ2n) is 4.89. The van der Waals surface area contributed by atoms with E-state index in [0.717, 1.165) is 0 Å². The predicted octanol–water partition coefficient (Wildman–Crippen LogP) is -3.40. The van der Waals surface area contributed by atoms with Gasteiger partial charge in [0.05, 0.1) is 6.61 Å². The molecule has 0 saturated carbocycles. The van der Waals surface area contributed by atoms with Crippen LogP contribution in [0, 0.1) is 0 Å². The van der Waals surface area contributed by atoms with Crippen molar-refractivity contribution in [2.24, 2.45) is 0 Å². The molecule has 1 aliphatic rings. The van der Waals surface area contributed by atoms with Gasteiger partial charge in [-0.2, -0.15) is 16.8 Å². The highest BCUT2D eigenvalue weighted by molar-refractivity contribution is 7.92. The molecule has 2 atom stereocenters. The van der Waals surface area contributed by atoms with Crippen LogP contribution in [0.3, 0.4) is 0 Å². The zero-order valence-corrected chi connectivity index (χ0v) is 14.3. The van der Waals surface area contributed by atoms with Crippen LogP contribution in [0.15, 0.2) is 0 Å². The number of imide groups is 1. The van der Waals surface area contributed by atoms with Crippen molar-refractivity contribution in [1.82, 2.24) is 4.90 Å². The second kappa shape index (κ2) is 7.23. The largest absolute Gasteiger partial charge is 0.480 e. The Kier molecular flexibility index (Phi) is 6.09. The van der Waals surface area contributed by atoms with Gasteiger partial charge in [0.25, 0.3) is 10.1 Å². The minimum Gasteiger partial charge on any atom is -0.480 e. The van der Waals surface area contributed by atoms with Crippen LogP contribution < -0.4 is 0 Å². The molecular weight excluding hydrogens is 406 g/mol. The summed E-state index contributed by atoms with van der Waals surface area (Å²) in [5.74, 6) is -8.08. The van der Waals surface area contributed by atoms with Crippen molar-refractivity contribution in [3.8, 4) is 0 Å². The Morgan fingerprint density at radius 2 is 1.58 bits per heavy atom. The first-order valence-corrected chi connectivity index (χ1v) is 9.47. The predicted molar refractivity (Wildman–Crippen MR) is 76.4 cm³/mol. The highest BCUT2D eigenvalue weighted by Crippen LogP contribution is 2.36. The summed E-state index contributed by atoms with van der Waals surface area (Å²) in [5.41, 5.74) is 0. The van der Waals surface area contributed by atoms with Crippen LogP contribution in [0.5, 0.6) is 0 Å². The molecule has 148 valence electrons. The summed E-state index contributed by atoms with van der Waals surface area (Å²) in [7, 11) is -12.2. The third-order valence-electron chi connectivity index (χ3n) is 3.27. The Hall–Kier alpha value is -2.14. The molecule has 26 heavy (non-hydrogen) atoms. The minimum absolute atomic E-state index is 0.575. The molecule has 1 heterocycles. The average Bonchev–Trinajstić information content (AvgIpc) is 2.78. The van der Waals surface area contributed by atoms with Gasteiger partial charge in [0.15, 0.2) is 0 Å². The third kappa shape index (κ3) is 3.54. The van der Waals surface area contributed by atoms with Crippen LogP contribution in [0.4, 0.5) is 0 Å². The van der Waals surface area contributed by atoms with Crippen LogP contribution in [0.2, 0.25) is 0 Å². The van der Waals surface area contributed by atoms with Crippen LogP contribution in [-0.2, 0) is 44.2 Å². The number of aliphatic hydroxyl groups excluding tert-OH is 1. The van der Waals surface area contributed by atoms with Crippen molar-refractivity contribution >= 4 is 44.0 Å². The fraction of sp³-hybridized carbons (Fsp3) is 0.600. The van der Waals surface area contributed by atoms with Gasteiger partial charge in [-0.15, -0.1) is 0 Å². The lowest BCUT2D eigenvalue weighted by atomic mass is 10.1. The normalized spacial score (nSPS) is 19.1. The molecule has 16 heteroatoms. The third-order valence-corrected chi connectivity index (χ3v) is 5.93. The number of esters is 1. The smallest absolute Gasteiger partial charge is 0.353 e. The van der Waals surface area contributed by atoms with Gasteiger partial charge >= 0.3 is 26.9 Å². The van der Waals surface area contributed by atoms with Crippen molar-refractivity contribution in [1.29, 1.82) is 0 Å². The van der Waals surface area contributed by atoms with E-state index in [1.54, 1.807) is 0 Å². The molecule has 1 saturated heterocycles. The first kappa shape index (κ1) is 21.9. The second-order valence-corrected chi connectivity index (χ2v) is 7.96. The number of carboxylic acids is 1. The molecule has 4 N–H and O–H groups in total. The number of ether oxygens (including phenoxy) is 1. The van der Waals surface area contributed by atoms with Gasteiger partial charge in [0, 0.05) is 12.8 Å². The number of nitrogens with zero attached hydrogens (tertiary/aromatic N) is 1. The molecule has 0 aromatic rings. The van der Waals surface area contributed by atoms with Crippen molar-refractivity contribution in [3.63, 3.8) is 0 Å². The Morgan fingerprint density at radius 1 is 1.12 bits per heavy atom. The Balaban J connectivity index is 3.99. The van der Waals surface area contributed by atoms with Gasteiger partial charge < -0.3 is 14.9 Å². The summed E-state index contributed by atoms with van der Waals surface area (Å²) < 4.78 is 69.8. The Bertz CT molecular complexity index is 828. The summed E-state index contributed by atoms with van der Waals surface area (Å²) in [6, 6.07) is 0. The topological polar surface area (TPSA) is 230 Å². The molecule has 2 amide bonds. The zero-order chi connectivity index (χ0) is 20.5. The van der Waals surface area contributed by atoms with Crippen molar-refractivity contribution in [3.05, 3.63) is 0 Å². The SMILES string of the molecule is O=C(O)C(C(C(=O)OCCO)(N1C(=O)CCC1=O)S(=O)(=O)O)S(=O)(=O)O. The van der Waals surface area contributed by atoms with Gasteiger partial charge in [0.2, 0.25) is 17.1 Å². The number of hydrogen-bond donors (Lipinski definition) is 4. The molecule has 0 spiro atoms. The van der Waals surface area contributed by atoms with Crippen molar-refractivity contribution in [2.45, 2.75) is 23.0 Å². The number of amides is 2. The molecule has 0 aromatic heterocycles. The summed E-state index contributed by atoms with van der Waals surface area (Å²) in [6.45, 7) is -1.96. The Labute approximate surface area is 145 Å². The number of carboxylic acid groups (broad SMARTS) is 1. The number of aliphatic carboxylic acids is 1. The summed E-state index contributed by atoms with van der Waals surface area (Å²) in [4.78, 5) is 42.5. The van der Waals surface area contributed by atoms with E-state index in [2.05, 4.69) is 4.74 Å². The standard InChI is InChI=1S/C10H13NO13S2/c12-3-4-24-9(17)10(26(21,22)23,7(8(15)16)25(18,19)20)11-5(13)1-2-6(11)14/h7,12H,1-4H2,(H,15,16)(H,18,19,20)(H,21,22,23). The van der Waals surface area contributed by atoms with E-state index in [1.807, 2.05) is 0 Å². The summed E-state index contributed by atoms with van der Waals surface area (Å²) in [5, 5.41) is 14.0. The van der Waals surface area contributed by atoms with Crippen LogP contribution in [0.25, 0.3) is 0 Å². The number of likely N-dealkylation sites (tertiary alicyclic amines) is 1. The molecule has 2 unspecified atom stereocenters. The maximum atomic E-state index is 12.3. The molecule has 14 nitrogen and oxygen atoms in total. The average molecular weight is 419 g/mol. The van der Waals surface area contributed by atoms with Crippen LogP contribution in [0.1, 0.15) is 12.8 Å². The summed E-state index contributed by atoms with van der Waals surface area (Å²) >= 11 is 0. The van der Waals surface area contributed by atoms with E-state index in [9.17, 15) is 40.6 Å². The number of hydrogen-bond acceptors (Lipinski definition) is 10. The van der Waals surface area contributed by atoms with E-state index in [1.165, 1.54) is 0 Å². The van der Waals surface area contributed by atoms with E-state index in [0.29, 0.717) is 0 Å². The highest BCUT2D eigenvalue weighted by atomic mass is 32.2. The van der Waals surface area contributed by atoms with Gasteiger partial charge in [-0.05, 0) is 0 Å². The lowest BCUT2D eigenvalue weighted by molar-refractivity contribution is -0.164. The van der Waals surface area contributed by atoms with Gasteiger partial charge in [-0.1, -0.05) is 0 Å². The lowest BCUT2D eigenvalue weighted by Gasteiger charge is -2.37. The maximum absolute atomic E-state index is 12.3. The molecule has 0 aliphatic carbocycles. The number of carbonyl (C=O) groups excluding carboxylic acids is 3. The van der Waals surface area contributed by atoms with E-state index >= 15 is 0 Å². The number of carbonyl (C=O) groups is 4. The van der Waals surface area contributed by atoms with E-state index in [-0.39, 0.29) is 0 Å². The van der Waals surface area contributed by atoms with Crippen LogP contribution >= 0.6 is 0 Å². The number of aliphatic hydroxyl groups is 1. The molecule has 1 fully saturated rings. The molecule has 0 bridgehead atoms. The molecule has 1 rings (SSSR count). The Morgan fingerprint density at radius 3 is 1.88 bits per heavy atom. The van der Waals surface area contributed by atoms with E-state index in [4.69, 9.17) is 14.8 Å². The fourth-order valence-electron chi connectivity index (χ4n) is 2.36. The molecule has 0 aromatic carbocycles. The first-order valence-electron chi connectivity index (χ1n) is 6.53. The first-order chi connectivity index (χ1) is 11.7. The fourth-order valence-corrected chi connectivity index (χ4v) is 5.02. The monoisotopic (exact) mass is 419 g/mol. The zero-order valence-electron chi connectivity index (χ0n) is 12.6. The maximum Gasteiger partial charge on any atom is 0.353 e. The van der Waals surface area contributed by atoms with Gasteiger partial charge in [-0.25, -0.2) is 9.69 Å². The quantitative estimate of drug-likeness (QED) is 0.171. The van der Waals surface area contributed by atoms with Crippen molar-refractivity contribution < 1.29 is 60.1 Å². The highest BCUT2D eigenvalue weighted by Gasteiger charge is 2.72. The van der Waals surface area contributed by atoms with E-state index < -0.39 is 85.1 Å². The molecular formula is C10H13NO13S2. The molecule has 0 radical (unpaired) electrons.